The van der Waals surface area contributed by atoms with E-state index in [1.165, 1.54) is 19.1 Å². The Kier molecular flexibility index (Phi) is 4.81. The number of benzene rings is 1. The molecule has 23 heavy (non-hydrogen) atoms. The number of aromatic nitrogens is 2. The van der Waals surface area contributed by atoms with Gasteiger partial charge in [0.05, 0.1) is 17.7 Å². The van der Waals surface area contributed by atoms with Gasteiger partial charge in [-0.3, -0.25) is 4.90 Å². The van der Waals surface area contributed by atoms with Crippen LogP contribution in [0.4, 0.5) is 13.2 Å². The van der Waals surface area contributed by atoms with Gasteiger partial charge in [0.2, 0.25) is 0 Å². The Morgan fingerprint density at radius 3 is 2.48 bits per heavy atom. The van der Waals surface area contributed by atoms with E-state index < -0.39 is 17.3 Å². The molecule has 0 saturated carbocycles. The first-order valence-corrected chi connectivity index (χ1v) is 7.14. The number of hydrogen-bond donors (Lipinski definition) is 1. The predicted molar refractivity (Wildman–Crippen MR) is 80.6 cm³/mol. The maximum Gasteiger partial charge on any atom is 0.416 e. The molecule has 4 nitrogen and oxygen atoms in total. The molecule has 2 rings (SSSR count). The second-order valence-electron chi connectivity index (χ2n) is 5.98. The zero-order valence-corrected chi connectivity index (χ0v) is 13.3. The Labute approximate surface area is 133 Å². The van der Waals surface area contributed by atoms with E-state index in [-0.39, 0.29) is 12.1 Å². The molecule has 7 heteroatoms. The van der Waals surface area contributed by atoms with Crippen molar-refractivity contribution in [1.82, 2.24) is 14.5 Å². The van der Waals surface area contributed by atoms with Crippen molar-refractivity contribution in [2.24, 2.45) is 7.05 Å². The molecule has 1 atom stereocenters. The van der Waals surface area contributed by atoms with Crippen LogP contribution in [0.1, 0.15) is 23.9 Å². The largest absolute Gasteiger partial charge is 0.416 e. The topological polar surface area (TPSA) is 41.3 Å². The van der Waals surface area contributed by atoms with E-state index in [1.807, 2.05) is 22.7 Å². The molecular weight excluding hydrogens is 307 g/mol. The van der Waals surface area contributed by atoms with Crippen molar-refractivity contribution in [3.05, 3.63) is 53.6 Å². The van der Waals surface area contributed by atoms with Crippen molar-refractivity contribution < 1.29 is 18.3 Å². The number of imidazole rings is 1. The van der Waals surface area contributed by atoms with Crippen LogP contribution < -0.4 is 0 Å². The first-order chi connectivity index (χ1) is 10.6. The van der Waals surface area contributed by atoms with Crippen molar-refractivity contribution in [3.63, 3.8) is 0 Å². The fraction of sp³-hybridized carbons (Fsp3) is 0.438. The van der Waals surface area contributed by atoms with Crippen molar-refractivity contribution in [2.45, 2.75) is 25.2 Å². The molecule has 1 aromatic heterocycles. The van der Waals surface area contributed by atoms with E-state index in [9.17, 15) is 18.3 Å². The van der Waals surface area contributed by atoms with Crippen LogP contribution in [-0.2, 0) is 25.4 Å². The summed E-state index contributed by atoms with van der Waals surface area (Å²) in [6.07, 6.45) is -0.937. The van der Waals surface area contributed by atoms with E-state index in [2.05, 4.69) is 4.98 Å². The number of hydrogen-bond acceptors (Lipinski definition) is 3. The molecule has 0 spiro atoms. The van der Waals surface area contributed by atoms with Crippen LogP contribution in [0.15, 0.2) is 36.7 Å². The lowest BCUT2D eigenvalue weighted by molar-refractivity contribution is -0.137. The van der Waals surface area contributed by atoms with E-state index in [1.54, 1.807) is 13.2 Å². The van der Waals surface area contributed by atoms with Crippen LogP contribution in [0.2, 0.25) is 0 Å². The minimum atomic E-state index is -4.43. The lowest BCUT2D eigenvalue weighted by Gasteiger charge is -2.30. The van der Waals surface area contributed by atoms with Crippen molar-refractivity contribution in [2.75, 3.05) is 13.6 Å². The van der Waals surface area contributed by atoms with Gasteiger partial charge in [0, 0.05) is 26.0 Å². The van der Waals surface area contributed by atoms with E-state index >= 15 is 0 Å². The molecule has 126 valence electrons. The summed E-state index contributed by atoms with van der Waals surface area (Å²) >= 11 is 0. The average Bonchev–Trinajstić information content (AvgIpc) is 2.83. The second kappa shape index (κ2) is 6.33. The van der Waals surface area contributed by atoms with Gasteiger partial charge in [-0.05, 0) is 31.7 Å². The number of aryl methyl sites for hydroxylation is 1. The third-order valence-corrected chi connectivity index (χ3v) is 3.72. The summed E-state index contributed by atoms with van der Waals surface area (Å²) in [6, 6.07) is 4.81. The van der Waals surface area contributed by atoms with Crippen LogP contribution in [0.3, 0.4) is 0 Å². The molecule has 1 unspecified atom stereocenters. The van der Waals surface area contributed by atoms with E-state index in [4.69, 9.17) is 0 Å². The van der Waals surface area contributed by atoms with Crippen LogP contribution in [0.25, 0.3) is 0 Å². The van der Waals surface area contributed by atoms with Crippen molar-refractivity contribution >= 4 is 0 Å². The average molecular weight is 327 g/mol. The molecule has 0 bridgehead atoms. The lowest BCUT2D eigenvalue weighted by Crippen LogP contribution is -2.37. The number of aliphatic hydroxyl groups is 1. The van der Waals surface area contributed by atoms with Gasteiger partial charge in [0.1, 0.15) is 5.82 Å². The summed E-state index contributed by atoms with van der Waals surface area (Å²) < 4.78 is 40.3. The standard InChI is InChI=1S/C16H20F3N3O/c1-15(23,11-21(2)10-14-20-7-8-22(14)3)12-5-4-6-13(9-12)16(17,18)19/h4-9,23H,10-11H2,1-3H3. The fourth-order valence-corrected chi connectivity index (χ4v) is 2.49. The highest BCUT2D eigenvalue weighted by atomic mass is 19.4. The first kappa shape index (κ1) is 17.5. The molecule has 0 aliphatic rings. The number of halogens is 3. The highest BCUT2D eigenvalue weighted by Crippen LogP contribution is 2.32. The Hall–Kier alpha value is -1.86. The SMILES string of the molecule is CN(Cc1nccn1C)CC(C)(O)c1cccc(C(F)(F)F)c1. The molecule has 0 aliphatic heterocycles. The normalized spacial score (nSPS) is 15.0. The van der Waals surface area contributed by atoms with Crippen molar-refractivity contribution in [1.29, 1.82) is 0 Å². The number of rotatable bonds is 5. The molecule has 2 aromatic rings. The molecule has 0 radical (unpaired) electrons. The Balaban J connectivity index is 2.13. The monoisotopic (exact) mass is 327 g/mol. The van der Waals surface area contributed by atoms with Crippen LogP contribution in [0.5, 0.6) is 0 Å². The van der Waals surface area contributed by atoms with E-state index in [0.717, 1.165) is 18.0 Å². The third-order valence-electron chi connectivity index (χ3n) is 3.72. The molecule has 1 aromatic carbocycles. The van der Waals surface area contributed by atoms with Gasteiger partial charge in [-0.2, -0.15) is 13.2 Å². The molecule has 0 saturated heterocycles. The van der Waals surface area contributed by atoms with Gasteiger partial charge in [-0.1, -0.05) is 12.1 Å². The van der Waals surface area contributed by atoms with Crippen molar-refractivity contribution in [3.8, 4) is 0 Å². The zero-order valence-electron chi connectivity index (χ0n) is 13.3. The Morgan fingerprint density at radius 2 is 1.91 bits per heavy atom. The number of nitrogens with zero attached hydrogens (tertiary/aromatic N) is 3. The molecular formula is C16H20F3N3O. The Morgan fingerprint density at radius 1 is 1.26 bits per heavy atom. The second-order valence-corrected chi connectivity index (χ2v) is 5.98. The van der Waals surface area contributed by atoms with Crippen LogP contribution in [-0.4, -0.2) is 33.1 Å². The van der Waals surface area contributed by atoms with E-state index in [0.29, 0.717) is 6.54 Å². The van der Waals surface area contributed by atoms with Crippen LogP contribution >= 0.6 is 0 Å². The van der Waals surface area contributed by atoms with Gasteiger partial charge in [-0.25, -0.2) is 4.98 Å². The summed E-state index contributed by atoms with van der Waals surface area (Å²) in [4.78, 5) is 6.02. The van der Waals surface area contributed by atoms with Gasteiger partial charge in [0.25, 0.3) is 0 Å². The maximum atomic E-state index is 12.8. The van der Waals surface area contributed by atoms with Crippen LogP contribution in [0, 0.1) is 0 Å². The summed E-state index contributed by atoms with van der Waals surface area (Å²) in [5.74, 6) is 0.812. The van der Waals surface area contributed by atoms with Gasteiger partial charge >= 0.3 is 6.18 Å². The molecule has 0 amide bonds. The summed E-state index contributed by atoms with van der Waals surface area (Å²) in [7, 11) is 3.65. The maximum absolute atomic E-state index is 12.8. The zero-order chi connectivity index (χ0) is 17.3. The quantitative estimate of drug-likeness (QED) is 0.918. The molecule has 1 N–H and O–H groups in total. The summed E-state index contributed by atoms with van der Waals surface area (Å²) in [6.45, 7) is 2.18. The predicted octanol–water partition coefficient (Wildman–Crippen LogP) is 2.78. The minimum Gasteiger partial charge on any atom is -0.384 e. The fourth-order valence-electron chi connectivity index (χ4n) is 2.49. The highest BCUT2D eigenvalue weighted by molar-refractivity contribution is 5.29. The molecule has 1 heterocycles. The van der Waals surface area contributed by atoms with Gasteiger partial charge in [-0.15, -0.1) is 0 Å². The first-order valence-electron chi connectivity index (χ1n) is 7.14. The molecule has 0 fully saturated rings. The highest BCUT2D eigenvalue weighted by Gasteiger charge is 2.33. The number of alkyl halides is 3. The summed E-state index contributed by atoms with van der Waals surface area (Å²) in [5, 5.41) is 10.6. The third kappa shape index (κ3) is 4.33. The lowest BCUT2D eigenvalue weighted by atomic mass is 9.93. The minimum absolute atomic E-state index is 0.182. The molecule has 0 aliphatic carbocycles. The van der Waals surface area contributed by atoms with Gasteiger partial charge in [0.15, 0.2) is 0 Å². The smallest absolute Gasteiger partial charge is 0.384 e. The number of likely N-dealkylation sites (N-methyl/N-ethyl adjacent to an activating group) is 1. The Bertz CT molecular complexity index is 665. The van der Waals surface area contributed by atoms with Gasteiger partial charge < -0.3 is 9.67 Å². The summed E-state index contributed by atoms with van der Waals surface area (Å²) in [5.41, 5.74) is -1.93.